The lowest BCUT2D eigenvalue weighted by atomic mass is 10.2. The van der Waals surface area contributed by atoms with Gasteiger partial charge in [0.25, 0.3) is 5.65 Å². The molecule has 0 saturated heterocycles. The zero-order valence-corrected chi connectivity index (χ0v) is 15.6. The number of rotatable bonds is 1. The van der Waals surface area contributed by atoms with Crippen molar-refractivity contribution in [1.29, 1.82) is 0 Å². The second-order valence-electron chi connectivity index (χ2n) is 8.15. The molecule has 2 aromatic heterocycles. The largest absolute Gasteiger partial charge is 0.330 e. The van der Waals surface area contributed by atoms with Gasteiger partial charge in [-0.2, -0.15) is 0 Å². The number of fused-ring (bicyclic) bond motifs is 1. The Morgan fingerprint density at radius 2 is 1.62 bits per heavy atom. The van der Waals surface area contributed by atoms with Crippen LogP contribution in [0.2, 0.25) is 10.1 Å². The normalized spacial score (nSPS) is 14.0. The SMILES string of the molecule is Cn1c([Si](F)(C(C)(C)C)C(C)(C)C)cc2ccc[n+](C)c21. The molecule has 0 unspecified atom stereocenters. The number of hydrogen-bond acceptors (Lipinski definition) is 0. The van der Waals surface area contributed by atoms with Crippen LogP contribution in [-0.2, 0) is 14.1 Å². The summed E-state index contributed by atoms with van der Waals surface area (Å²) >= 11 is 0. The molecule has 0 bridgehead atoms. The number of aromatic nitrogens is 2. The molecule has 4 heteroatoms. The molecule has 0 N–H and O–H groups in total. The van der Waals surface area contributed by atoms with Crippen molar-refractivity contribution in [2.24, 2.45) is 14.1 Å². The van der Waals surface area contributed by atoms with Gasteiger partial charge >= 0.3 is 8.41 Å². The summed E-state index contributed by atoms with van der Waals surface area (Å²) in [6.07, 6.45) is 2.02. The lowest BCUT2D eigenvalue weighted by Crippen LogP contribution is -2.60. The van der Waals surface area contributed by atoms with Crippen molar-refractivity contribution in [3.8, 4) is 0 Å². The molecule has 0 aliphatic carbocycles. The summed E-state index contributed by atoms with van der Waals surface area (Å²) in [7, 11) is 0.782. The van der Waals surface area contributed by atoms with Gasteiger partial charge in [-0.15, -0.1) is 0 Å². The highest BCUT2D eigenvalue weighted by Gasteiger charge is 2.60. The Kier molecular flexibility index (Phi) is 3.60. The maximum absolute atomic E-state index is 16.5. The summed E-state index contributed by atoms with van der Waals surface area (Å²) in [6, 6.07) is 6.15. The van der Waals surface area contributed by atoms with E-state index in [1.54, 1.807) is 0 Å². The number of pyridine rings is 1. The van der Waals surface area contributed by atoms with Crippen molar-refractivity contribution >= 4 is 24.8 Å². The summed E-state index contributed by atoms with van der Waals surface area (Å²) in [6.45, 7) is 12.3. The van der Waals surface area contributed by atoms with E-state index >= 15 is 4.11 Å². The van der Waals surface area contributed by atoms with Crippen molar-refractivity contribution in [2.75, 3.05) is 0 Å². The quantitative estimate of drug-likeness (QED) is 0.431. The van der Waals surface area contributed by atoms with E-state index < -0.39 is 8.41 Å². The van der Waals surface area contributed by atoms with Crippen LogP contribution in [0.3, 0.4) is 0 Å². The second kappa shape index (κ2) is 4.67. The van der Waals surface area contributed by atoms with Crippen molar-refractivity contribution in [3.63, 3.8) is 0 Å². The molecular weight excluding hydrogens is 279 g/mol. The molecule has 2 rings (SSSR count). The highest BCUT2D eigenvalue weighted by molar-refractivity contribution is 6.90. The monoisotopic (exact) mass is 307 g/mol. The minimum absolute atomic E-state index is 0.355. The Morgan fingerprint density at radius 3 is 2.05 bits per heavy atom. The van der Waals surface area contributed by atoms with Gasteiger partial charge in [-0.05, 0) is 28.3 Å². The van der Waals surface area contributed by atoms with Crippen LogP contribution in [0.1, 0.15) is 41.5 Å². The maximum Gasteiger partial charge on any atom is 0.330 e. The molecule has 21 heavy (non-hydrogen) atoms. The first-order chi connectivity index (χ1) is 9.41. The lowest BCUT2D eigenvalue weighted by Gasteiger charge is -2.42. The van der Waals surface area contributed by atoms with Crippen LogP contribution in [-0.4, -0.2) is 13.0 Å². The minimum atomic E-state index is -3.23. The van der Waals surface area contributed by atoms with E-state index in [2.05, 4.69) is 21.3 Å². The molecule has 0 atom stereocenters. The van der Waals surface area contributed by atoms with E-state index in [0.717, 1.165) is 16.4 Å². The van der Waals surface area contributed by atoms with Gasteiger partial charge in [-0.3, -0.25) is 0 Å². The van der Waals surface area contributed by atoms with Crippen molar-refractivity contribution in [3.05, 3.63) is 24.4 Å². The average Bonchev–Trinajstić information content (AvgIpc) is 2.64. The number of hydrogen-bond donors (Lipinski definition) is 0. The first-order valence-electron chi connectivity index (χ1n) is 7.55. The summed E-state index contributed by atoms with van der Waals surface area (Å²) in [4.78, 5) is 0. The molecule has 2 aromatic rings. The topological polar surface area (TPSA) is 8.81 Å². The van der Waals surface area contributed by atoms with Gasteiger partial charge in [-0.25, -0.2) is 9.13 Å². The van der Waals surface area contributed by atoms with Gasteiger partial charge in [0.15, 0.2) is 0 Å². The van der Waals surface area contributed by atoms with Gasteiger partial charge in [-0.1, -0.05) is 41.5 Å². The van der Waals surface area contributed by atoms with Crippen LogP contribution in [0.15, 0.2) is 24.4 Å². The van der Waals surface area contributed by atoms with Crippen molar-refractivity contribution < 1.29 is 8.67 Å². The first kappa shape index (κ1) is 16.2. The van der Waals surface area contributed by atoms with Crippen molar-refractivity contribution in [2.45, 2.75) is 51.6 Å². The first-order valence-corrected chi connectivity index (χ1v) is 9.42. The van der Waals surface area contributed by atoms with E-state index in [9.17, 15) is 0 Å². The number of nitrogens with zero attached hydrogens (tertiary/aromatic N) is 2. The second-order valence-corrected chi connectivity index (χ2v) is 13.0. The van der Waals surface area contributed by atoms with E-state index in [1.807, 2.05) is 67.9 Å². The summed E-state index contributed by atoms with van der Waals surface area (Å²) in [5, 5.41) is 1.29. The molecule has 0 amide bonds. The molecule has 0 aromatic carbocycles. The summed E-state index contributed by atoms with van der Waals surface area (Å²) < 4.78 is 20.6. The number of halogens is 1. The zero-order valence-electron chi connectivity index (χ0n) is 14.6. The Balaban J connectivity index is 2.86. The molecule has 0 radical (unpaired) electrons. The minimum Gasteiger partial charge on any atom is -0.302 e. The molecule has 0 aliphatic heterocycles. The molecule has 116 valence electrons. The third-order valence-corrected chi connectivity index (χ3v) is 9.89. The van der Waals surface area contributed by atoms with Crippen LogP contribution in [0.25, 0.3) is 11.0 Å². The van der Waals surface area contributed by atoms with Crippen LogP contribution in [0.5, 0.6) is 0 Å². The van der Waals surface area contributed by atoms with Gasteiger partial charge in [0, 0.05) is 0 Å². The van der Waals surface area contributed by atoms with Gasteiger partial charge in [0.1, 0.15) is 5.32 Å². The van der Waals surface area contributed by atoms with Crippen molar-refractivity contribution in [1.82, 2.24) is 4.57 Å². The molecule has 0 saturated carbocycles. The molecule has 0 fully saturated rings. The fraction of sp³-hybridized carbons (Fsp3) is 0.588. The average molecular weight is 308 g/mol. The third-order valence-electron chi connectivity index (χ3n) is 4.57. The fourth-order valence-corrected chi connectivity index (χ4v) is 8.46. The summed E-state index contributed by atoms with van der Waals surface area (Å²) in [5.41, 5.74) is 1.08. The van der Waals surface area contributed by atoms with Gasteiger partial charge in [0.2, 0.25) is 0 Å². The smallest absolute Gasteiger partial charge is 0.302 e. The Labute approximate surface area is 128 Å². The Bertz CT molecular complexity index is 660. The maximum atomic E-state index is 16.5. The van der Waals surface area contributed by atoms with E-state index in [4.69, 9.17) is 0 Å². The Hall–Kier alpha value is -1.16. The van der Waals surface area contributed by atoms with E-state index in [0.29, 0.717) is 0 Å². The van der Waals surface area contributed by atoms with E-state index in [-0.39, 0.29) is 10.1 Å². The molecule has 2 heterocycles. The van der Waals surface area contributed by atoms with Crippen LogP contribution >= 0.6 is 0 Å². The predicted molar refractivity (Wildman–Crippen MR) is 90.0 cm³/mol. The highest BCUT2D eigenvalue weighted by Crippen LogP contribution is 2.51. The molecule has 0 spiro atoms. The molecule has 0 aliphatic rings. The lowest BCUT2D eigenvalue weighted by molar-refractivity contribution is -0.647. The van der Waals surface area contributed by atoms with Crippen LogP contribution < -0.4 is 9.88 Å². The highest BCUT2D eigenvalue weighted by atomic mass is 28.4. The van der Waals surface area contributed by atoms with Crippen LogP contribution in [0.4, 0.5) is 4.11 Å². The van der Waals surface area contributed by atoms with E-state index in [1.165, 1.54) is 0 Å². The summed E-state index contributed by atoms with van der Waals surface area (Å²) in [5.74, 6) is 0. The predicted octanol–water partition coefficient (Wildman–Crippen LogP) is 3.73. The number of aryl methyl sites for hydroxylation is 2. The third kappa shape index (κ3) is 2.24. The standard InChI is InChI=1S/C17H28FN2Si/c1-16(2,3)21(18,17(4,5)6)14-12-13-10-9-11-19(7)15(13)20(14)8/h9-12H,1-8H3/q+1. The van der Waals surface area contributed by atoms with Gasteiger partial charge in [0.05, 0.1) is 25.7 Å². The Morgan fingerprint density at radius 1 is 1.10 bits per heavy atom. The van der Waals surface area contributed by atoms with Gasteiger partial charge < -0.3 is 4.11 Å². The molecule has 2 nitrogen and oxygen atoms in total. The zero-order chi connectivity index (χ0) is 16.2. The fourth-order valence-electron chi connectivity index (χ4n) is 3.75. The molecular formula is C17H28FN2Si+. The van der Waals surface area contributed by atoms with Crippen LogP contribution in [0, 0.1) is 0 Å².